The third-order valence-corrected chi connectivity index (χ3v) is 6.06. The summed E-state index contributed by atoms with van der Waals surface area (Å²) in [5.74, 6) is 2.70. The molecule has 1 amide bonds. The first kappa shape index (κ1) is 24.3. The van der Waals surface area contributed by atoms with Gasteiger partial charge < -0.3 is 19.4 Å². The Hall–Kier alpha value is -3.80. The number of benzene rings is 3. The van der Waals surface area contributed by atoms with Crippen LogP contribution in [0.3, 0.4) is 0 Å². The van der Waals surface area contributed by atoms with Gasteiger partial charge >= 0.3 is 0 Å². The molecule has 35 heavy (non-hydrogen) atoms. The van der Waals surface area contributed by atoms with E-state index in [0.717, 1.165) is 52.4 Å². The van der Waals surface area contributed by atoms with Crippen molar-refractivity contribution in [2.45, 2.75) is 39.7 Å². The van der Waals surface area contributed by atoms with Gasteiger partial charge in [0.05, 0.1) is 31.2 Å². The zero-order valence-electron chi connectivity index (χ0n) is 20.7. The summed E-state index contributed by atoms with van der Waals surface area (Å²) in [6, 6.07) is 22.0. The number of carbonyl (C=O) groups is 1. The minimum Gasteiger partial charge on any atom is -0.497 e. The summed E-state index contributed by atoms with van der Waals surface area (Å²) in [7, 11) is 1.63. The van der Waals surface area contributed by atoms with E-state index < -0.39 is 0 Å². The number of amides is 1. The van der Waals surface area contributed by atoms with Crippen molar-refractivity contribution in [2.75, 3.05) is 20.3 Å². The highest BCUT2D eigenvalue weighted by Crippen LogP contribution is 2.20. The van der Waals surface area contributed by atoms with Crippen molar-refractivity contribution in [1.29, 1.82) is 0 Å². The molecule has 1 aromatic heterocycles. The lowest BCUT2D eigenvalue weighted by Crippen LogP contribution is -2.28. The second kappa shape index (κ2) is 11.6. The number of fused-ring (bicyclic) bond motifs is 1. The molecule has 0 aliphatic rings. The molecule has 0 aliphatic heterocycles. The second-order valence-corrected chi connectivity index (χ2v) is 8.76. The molecule has 6 heteroatoms. The van der Waals surface area contributed by atoms with Gasteiger partial charge in [0.25, 0.3) is 0 Å². The number of ether oxygens (including phenoxy) is 2. The van der Waals surface area contributed by atoms with Gasteiger partial charge in [0.15, 0.2) is 0 Å². The zero-order chi connectivity index (χ0) is 24.6. The molecule has 182 valence electrons. The Balaban J connectivity index is 1.33. The van der Waals surface area contributed by atoms with Crippen LogP contribution in [0.1, 0.15) is 28.9 Å². The first-order valence-corrected chi connectivity index (χ1v) is 12.1. The van der Waals surface area contributed by atoms with Crippen molar-refractivity contribution in [1.82, 2.24) is 14.9 Å². The van der Waals surface area contributed by atoms with Gasteiger partial charge in [-0.15, -0.1) is 0 Å². The predicted molar refractivity (Wildman–Crippen MR) is 139 cm³/mol. The molecule has 0 aliphatic carbocycles. The van der Waals surface area contributed by atoms with Gasteiger partial charge in [0.1, 0.15) is 17.3 Å². The summed E-state index contributed by atoms with van der Waals surface area (Å²) in [5, 5.41) is 3.03. The summed E-state index contributed by atoms with van der Waals surface area (Å²) in [6.07, 6.45) is 1.88. The number of aryl methyl sites for hydroxylation is 3. The highest BCUT2D eigenvalue weighted by molar-refractivity contribution is 5.78. The standard InChI is InChI=1S/C29H33N3O3/c1-21-9-10-22(2)27(19-21)35-18-6-17-32-26-8-5-4-7-25(26)31-28(32)15-16-30-29(33)20-23-11-13-24(34-3)14-12-23/h4-5,7-14,19H,6,15-18,20H2,1-3H3,(H,30,33). The van der Waals surface area contributed by atoms with E-state index in [-0.39, 0.29) is 5.91 Å². The number of hydrogen-bond acceptors (Lipinski definition) is 4. The molecular weight excluding hydrogens is 438 g/mol. The lowest BCUT2D eigenvalue weighted by atomic mass is 10.1. The molecule has 0 unspecified atom stereocenters. The van der Waals surface area contributed by atoms with Crippen LogP contribution in [0.4, 0.5) is 0 Å². The predicted octanol–water partition coefficient (Wildman–Crippen LogP) is 5.03. The molecule has 0 radical (unpaired) electrons. The van der Waals surface area contributed by atoms with Crippen LogP contribution >= 0.6 is 0 Å². The van der Waals surface area contributed by atoms with Crippen LogP contribution in [-0.4, -0.2) is 35.7 Å². The molecule has 4 rings (SSSR count). The first-order valence-electron chi connectivity index (χ1n) is 12.1. The quantitative estimate of drug-likeness (QED) is 0.312. The number of imidazole rings is 1. The van der Waals surface area contributed by atoms with Crippen molar-refractivity contribution in [2.24, 2.45) is 0 Å². The van der Waals surface area contributed by atoms with Crippen molar-refractivity contribution in [3.05, 3.63) is 89.2 Å². The summed E-state index contributed by atoms with van der Waals surface area (Å²) >= 11 is 0. The van der Waals surface area contributed by atoms with Crippen molar-refractivity contribution < 1.29 is 14.3 Å². The Morgan fingerprint density at radius 2 is 1.83 bits per heavy atom. The van der Waals surface area contributed by atoms with Crippen LogP contribution in [-0.2, 0) is 24.2 Å². The normalized spacial score (nSPS) is 10.9. The van der Waals surface area contributed by atoms with Gasteiger partial charge in [0.2, 0.25) is 5.91 Å². The van der Waals surface area contributed by atoms with E-state index in [1.807, 2.05) is 42.5 Å². The maximum atomic E-state index is 12.4. The van der Waals surface area contributed by atoms with Gasteiger partial charge in [-0.2, -0.15) is 0 Å². The molecule has 1 N–H and O–H groups in total. The Morgan fingerprint density at radius 1 is 1.03 bits per heavy atom. The SMILES string of the molecule is COc1ccc(CC(=O)NCCc2nc3ccccc3n2CCCOc2cc(C)ccc2C)cc1. The van der Waals surface area contributed by atoms with Crippen LogP contribution in [0.2, 0.25) is 0 Å². The Morgan fingerprint density at radius 3 is 2.63 bits per heavy atom. The number of aromatic nitrogens is 2. The van der Waals surface area contributed by atoms with E-state index in [0.29, 0.717) is 26.0 Å². The molecule has 4 aromatic rings. The van der Waals surface area contributed by atoms with Crippen LogP contribution in [0.15, 0.2) is 66.7 Å². The summed E-state index contributed by atoms with van der Waals surface area (Å²) in [6.45, 7) is 6.12. The number of nitrogens with one attached hydrogen (secondary N) is 1. The fourth-order valence-electron chi connectivity index (χ4n) is 4.14. The third-order valence-electron chi connectivity index (χ3n) is 6.06. The molecule has 0 bridgehead atoms. The average molecular weight is 472 g/mol. The third kappa shape index (κ3) is 6.41. The molecule has 0 saturated carbocycles. The van der Waals surface area contributed by atoms with Crippen LogP contribution in [0, 0.1) is 13.8 Å². The molecule has 0 saturated heterocycles. The zero-order valence-corrected chi connectivity index (χ0v) is 20.7. The van der Waals surface area contributed by atoms with Crippen LogP contribution < -0.4 is 14.8 Å². The lowest BCUT2D eigenvalue weighted by Gasteiger charge is -2.12. The van der Waals surface area contributed by atoms with E-state index in [2.05, 4.69) is 48.0 Å². The Bertz CT molecular complexity index is 1280. The number of carbonyl (C=O) groups excluding carboxylic acids is 1. The van der Waals surface area contributed by atoms with Gasteiger partial charge in [-0.25, -0.2) is 4.98 Å². The maximum absolute atomic E-state index is 12.4. The molecule has 6 nitrogen and oxygen atoms in total. The van der Waals surface area contributed by atoms with Gasteiger partial charge in [0, 0.05) is 19.5 Å². The van der Waals surface area contributed by atoms with Crippen molar-refractivity contribution in [3.63, 3.8) is 0 Å². The van der Waals surface area contributed by atoms with Crippen molar-refractivity contribution >= 4 is 16.9 Å². The smallest absolute Gasteiger partial charge is 0.224 e. The topological polar surface area (TPSA) is 65.4 Å². The van der Waals surface area contributed by atoms with Crippen LogP contribution in [0.25, 0.3) is 11.0 Å². The van der Waals surface area contributed by atoms with Crippen molar-refractivity contribution in [3.8, 4) is 11.5 Å². The van der Waals surface area contributed by atoms with E-state index in [1.165, 1.54) is 5.56 Å². The fraction of sp³-hybridized carbons (Fsp3) is 0.310. The molecule has 0 atom stereocenters. The average Bonchev–Trinajstić information content (AvgIpc) is 3.21. The first-order chi connectivity index (χ1) is 17.0. The van der Waals surface area contributed by atoms with Gasteiger partial charge in [-0.3, -0.25) is 4.79 Å². The summed E-state index contributed by atoms with van der Waals surface area (Å²) in [4.78, 5) is 17.3. The van der Waals surface area contributed by atoms with E-state index in [4.69, 9.17) is 14.5 Å². The maximum Gasteiger partial charge on any atom is 0.224 e. The van der Waals surface area contributed by atoms with Gasteiger partial charge in [-0.05, 0) is 67.3 Å². The summed E-state index contributed by atoms with van der Waals surface area (Å²) in [5.41, 5.74) is 5.39. The monoisotopic (exact) mass is 471 g/mol. The highest BCUT2D eigenvalue weighted by atomic mass is 16.5. The summed E-state index contributed by atoms with van der Waals surface area (Å²) < 4.78 is 13.5. The number of methoxy groups -OCH3 is 1. The second-order valence-electron chi connectivity index (χ2n) is 8.76. The number of hydrogen-bond donors (Lipinski definition) is 1. The molecular formula is C29H33N3O3. The molecule has 0 fully saturated rings. The lowest BCUT2D eigenvalue weighted by molar-refractivity contribution is -0.120. The van der Waals surface area contributed by atoms with Crippen LogP contribution in [0.5, 0.6) is 11.5 Å². The minimum absolute atomic E-state index is 0.000229. The van der Waals surface area contributed by atoms with Gasteiger partial charge in [-0.1, -0.05) is 36.4 Å². The van der Waals surface area contributed by atoms with E-state index in [9.17, 15) is 4.79 Å². The fourth-order valence-corrected chi connectivity index (χ4v) is 4.14. The highest BCUT2D eigenvalue weighted by Gasteiger charge is 2.11. The van der Waals surface area contributed by atoms with E-state index in [1.54, 1.807) is 7.11 Å². The Labute approximate surface area is 206 Å². The minimum atomic E-state index is -0.000229. The largest absolute Gasteiger partial charge is 0.497 e. The number of nitrogens with zero attached hydrogens (tertiary/aromatic N) is 2. The Kier molecular flexibility index (Phi) is 8.03. The molecule has 1 heterocycles. The molecule has 0 spiro atoms. The number of para-hydroxylation sites is 2. The van der Waals surface area contributed by atoms with E-state index >= 15 is 0 Å². The number of rotatable bonds is 11. The molecule has 3 aromatic carbocycles.